The molecule has 0 N–H and O–H groups in total. The van der Waals surface area contributed by atoms with Crippen LogP contribution in [0.1, 0.15) is 18.4 Å². The summed E-state index contributed by atoms with van der Waals surface area (Å²) < 4.78 is 2.34. The lowest BCUT2D eigenvalue weighted by Crippen LogP contribution is -2.23. The number of likely N-dealkylation sites (tertiary alicyclic amines) is 1. The van der Waals surface area contributed by atoms with Gasteiger partial charge in [0.05, 0.1) is 11.0 Å². The van der Waals surface area contributed by atoms with Gasteiger partial charge in [-0.15, -0.1) is 0 Å². The molecule has 2 aromatic rings. The molecule has 0 bridgehead atoms. The standard InChI is InChI=1S/C14H19N3/c1-12-11-17(10-9-16-7-2-3-8-16)13-5-4-6-15-14(12)13/h4-6,11H,2-3,7-10H2,1H3. The van der Waals surface area contributed by atoms with Crippen LogP contribution in [-0.4, -0.2) is 34.1 Å². The lowest BCUT2D eigenvalue weighted by Gasteiger charge is -2.15. The lowest BCUT2D eigenvalue weighted by molar-refractivity contribution is 0.324. The highest BCUT2D eigenvalue weighted by molar-refractivity contribution is 5.79. The number of nitrogens with zero attached hydrogens (tertiary/aromatic N) is 3. The van der Waals surface area contributed by atoms with Crippen molar-refractivity contribution >= 4 is 11.0 Å². The van der Waals surface area contributed by atoms with E-state index in [0.29, 0.717) is 0 Å². The summed E-state index contributed by atoms with van der Waals surface area (Å²) in [4.78, 5) is 7.00. The number of rotatable bonds is 3. The van der Waals surface area contributed by atoms with Crippen molar-refractivity contribution in [2.75, 3.05) is 19.6 Å². The third kappa shape index (κ3) is 2.07. The summed E-state index contributed by atoms with van der Waals surface area (Å²) in [7, 11) is 0. The molecule has 0 spiro atoms. The molecule has 1 aliphatic rings. The minimum absolute atomic E-state index is 1.08. The van der Waals surface area contributed by atoms with Crippen LogP contribution in [0.25, 0.3) is 11.0 Å². The molecule has 2 aromatic heterocycles. The van der Waals surface area contributed by atoms with E-state index in [-0.39, 0.29) is 0 Å². The highest BCUT2D eigenvalue weighted by Gasteiger charge is 2.12. The maximum absolute atomic E-state index is 4.45. The van der Waals surface area contributed by atoms with E-state index in [0.717, 1.165) is 18.6 Å². The van der Waals surface area contributed by atoms with Crippen LogP contribution in [-0.2, 0) is 6.54 Å². The first-order chi connectivity index (χ1) is 8.34. The zero-order chi connectivity index (χ0) is 11.7. The third-order valence-electron chi connectivity index (χ3n) is 3.67. The van der Waals surface area contributed by atoms with Crippen LogP contribution in [0.2, 0.25) is 0 Å². The monoisotopic (exact) mass is 229 g/mol. The molecule has 1 aliphatic heterocycles. The fourth-order valence-corrected chi connectivity index (χ4v) is 2.74. The Kier molecular flexibility index (Phi) is 2.85. The first kappa shape index (κ1) is 10.8. The summed E-state index contributed by atoms with van der Waals surface area (Å²) in [6.45, 7) is 6.93. The number of hydrogen-bond acceptors (Lipinski definition) is 2. The van der Waals surface area contributed by atoms with Crippen LogP contribution >= 0.6 is 0 Å². The summed E-state index contributed by atoms with van der Waals surface area (Å²) in [5, 5.41) is 0. The number of pyridine rings is 1. The van der Waals surface area contributed by atoms with Gasteiger partial charge < -0.3 is 9.47 Å². The van der Waals surface area contributed by atoms with Gasteiger partial charge in [-0.25, -0.2) is 0 Å². The van der Waals surface area contributed by atoms with Crippen LogP contribution < -0.4 is 0 Å². The largest absolute Gasteiger partial charge is 0.345 e. The van der Waals surface area contributed by atoms with Gasteiger partial charge in [0.2, 0.25) is 0 Å². The van der Waals surface area contributed by atoms with Gasteiger partial charge in [0.1, 0.15) is 0 Å². The van der Waals surface area contributed by atoms with Crippen LogP contribution in [0, 0.1) is 6.92 Å². The zero-order valence-corrected chi connectivity index (χ0v) is 10.4. The van der Waals surface area contributed by atoms with Gasteiger partial charge in [0, 0.05) is 25.5 Å². The molecule has 90 valence electrons. The minimum Gasteiger partial charge on any atom is -0.345 e. The Morgan fingerprint density at radius 1 is 1.24 bits per heavy atom. The van der Waals surface area contributed by atoms with Crippen LogP contribution in [0.3, 0.4) is 0 Å². The molecular weight excluding hydrogens is 210 g/mol. The third-order valence-corrected chi connectivity index (χ3v) is 3.67. The predicted octanol–water partition coefficient (Wildman–Crippen LogP) is 2.44. The van der Waals surface area contributed by atoms with E-state index in [1.807, 2.05) is 12.3 Å². The second-order valence-electron chi connectivity index (χ2n) is 4.93. The zero-order valence-electron chi connectivity index (χ0n) is 10.4. The van der Waals surface area contributed by atoms with Crippen molar-refractivity contribution in [2.24, 2.45) is 0 Å². The molecule has 0 atom stereocenters. The van der Waals surface area contributed by atoms with Crippen molar-refractivity contribution in [1.82, 2.24) is 14.5 Å². The summed E-state index contributed by atoms with van der Waals surface area (Å²) in [6, 6.07) is 4.19. The van der Waals surface area contributed by atoms with Gasteiger partial charge in [0.15, 0.2) is 0 Å². The summed E-state index contributed by atoms with van der Waals surface area (Å²) in [5.41, 5.74) is 3.69. The van der Waals surface area contributed by atoms with E-state index in [1.54, 1.807) is 0 Å². The Morgan fingerprint density at radius 3 is 2.88 bits per heavy atom. The van der Waals surface area contributed by atoms with E-state index in [1.165, 1.54) is 37.0 Å². The van der Waals surface area contributed by atoms with Crippen molar-refractivity contribution in [3.63, 3.8) is 0 Å². The molecule has 3 rings (SSSR count). The van der Waals surface area contributed by atoms with Crippen LogP contribution in [0.5, 0.6) is 0 Å². The Bertz CT molecular complexity index is 509. The van der Waals surface area contributed by atoms with E-state index >= 15 is 0 Å². The molecule has 0 aromatic carbocycles. The summed E-state index contributed by atoms with van der Waals surface area (Å²) >= 11 is 0. The van der Waals surface area contributed by atoms with E-state index in [4.69, 9.17) is 0 Å². The Morgan fingerprint density at radius 2 is 2.06 bits per heavy atom. The van der Waals surface area contributed by atoms with Crippen molar-refractivity contribution < 1.29 is 0 Å². The minimum atomic E-state index is 1.08. The second kappa shape index (κ2) is 4.49. The highest BCUT2D eigenvalue weighted by atomic mass is 15.2. The van der Waals surface area contributed by atoms with Gasteiger partial charge in [-0.2, -0.15) is 0 Å². The molecule has 3 nitrogen and oxygen atoms in total. The van der Waals surface area contributed by atoms with Crippen LogP contribution in [0.4, 0.5) is 0 Å². The van der Waals surface area contributed by atoms with Crippen molar-refractivity contribution in [3.05, 3.63) is 30.1 Å². The molecule has 0 saturated carbocycles. The fourth-order valence-electron chi connectivity index (χ4n) is 2.74. The molecule has 0 radical (unpaired) electrons. The second-order valence-corrected chi connectivity index (χ2v) is 4.93. The smallest absolute Gasteiger partial charge is 0.0910 e. The molecule has 0 aliphatic carbocycles. The summed E-state index contributed by atoms with van der Waals surface area (Å²) in [5.74, 6) is 0. The maximum Gasteiger partial charge on any atom is 0.0910 e. The first-order valence-electron chi connectivity index (χ1n) is 6.47. The topological polar surface area (TPSA) is 21.1 Å². The highest BCUT2D eigenvalue weighted by Crippen LogP contribution is 2.18. The number of hydrogen-bond donors (Lipinski definition) is 0. The maximum atomic E-state index is 4.45. The van der Waals surface area contributed by atoms with Crippen molar-refractivity contribution in [3.8, 4) is 0 Å². The molecule has 1 fully saturated rings. The Balaban J connectivity index is 1.80. The van der Waals surface area contributed by atoms with Crippen LogP contribution in [0.15, 0.2) is 24.5 Å². The van der Waals surface area contributed by atoms with Gasteiger partial charge in [0.25, 0.3) is 0 Å². The van der Waals surface area contributed by atoms with Gasteiger partial charge in [-0.1, -0.05) is 0 Å². The normalized spacial score (nSPS) is 17.0. The van der Waals surface area contributed by atoms with E-state index in [9.17, 15) is 0 Å². The van der Waals surface area contributed by atoms with Gasteiger partial charge >= 0.3 is 0 Å². The molecule has 3 heteroatoms. The molecule has 0 amide bonds. The molecule has 0 unspecified atom stereocenters. The van der Waals surface area contributed by atoms with Gasteiger partial charge in [-0.05, 0) is 50.6 Å². The Hall–Kier alpha value is -1.35. The van der Waals surface area contributed by atoms with E-state index < -0.39 is 0 Å². The number of fused-ring (bicyclic) bond motifs is 1. The first-order valence-corrected chi connectivity index (χ1v) is 6.47. The average molecular weight is 229 g/mol. The predicted molar refractivity (Wildman–Crippen MR) is 70.1 cm³/mol. The van der Waals surface area contributed by atoms with Gasteiger partial charge in [-0.3, -0.25) is 4.98 Å². The number of aromatic nitrogens is 2. The summed E-state index contributed by atoms with van der Waals surface area (Å²) in [6.07, 6.45) is 6.84. The molecular formula is C14H19N3. The molecule has 3 heterocycles. The Labute approximate surface area is 102 Å². The molecule has 1 saturated heterocycles. The fraction of sp³-hybridized carbons (Fsp3) is 0.500. The quantitative estimate of drug-likeness (QED) is 0.806. The lowest BCUT2D eigenvalue weighted by atomic mass is 10.3. The van der Waals surface area contributed by atoms with E-state index in [2.05, 4.69) is 33.6 Å². The molecule has 17 heavy (non-hydrogen) atoms. The average Bonchev–Trinajstić information content (AvgIpc) is 2.96. The number of aryl methyl sites for hydroxylation is 1. The van der Waals surface area contributed by atoms with Crippen molar-refractivity contribution in [2.45, 2.75) is 26.3 Å². The SMILES string of the molecule is Cc1cn(CCN2CCCC2)c2cccnc12. The van der Waals surface area contributed by atoms with Crippen molar-refractivity contribution in [1.29, 1.82) is 0 Å².